The number of nitrogens with two attached hydrogens (primary N) is 2. The van der Waals surface area contributed by atoms with Crippen molar-refractivity contribution in [3.05, 3.63) is 190 Å². The summed E-state index contributed by atoms with van der Waals surface area (Å²) in [5.74, 6) is -1.33. The summed E-state index contributed by atoms with van der Waals surface area (Å²) >= 11 is 14.2. The Balaban J connectivity index is 0.000000140. The van der Waals surface area contributed by atoms with E-state index in [0.29, 0.717) is 69.4 Å². The SMILES string of the molecule is CC(Sc1nc2c(cnn2-c2ccc(Cl)cc2)c(=O)[nH]1)C(N)=O.COC(=O)C(C)Sc1nc2c(cnn2-c2ccccc2C)c(=O)[nH]1.Cc1cccc(-n2ncc3c(=O)[nH]c(SC(C)C(N)=O)nc32)c1.Cc1ccccc1-n1ncc2c(=O)[nH]c(=S)[nH]c21. The van der Waals surface area contributed by atoms with Crippen LogP contribution < -0.4 is 33.7 Å². The number of ether oxygens (including phenoxy) is 1. The fraction of sp³-hybridized carbons (Fsp3) is 0.175. The van der Waals surface area contributed by atoms with E-state index in [0.717, 1.165) is 74.7 Å². The number of primary amides is 2. The minimum absolute atomic E-state index is 0.228. The molecule has 12 rings (SSSR count). The topological polar surface area (TPSA) is 370 Å². The highest BCUT2D eigenvalue weighted by Crippen LogP contribution is 2.26. The van der Waals surface area contributed by atoms with Gasteiger partial charge in [-0.05, 0) is 119 Å². The Bertz CT molecular complexity index is 4910. The summed E-state index contributed by atoms with van der Waals surface area (Å²) < 4.78 is 11.5. The number of esters is 1. The van der Waals surface area contributed by atoms with Crippen molar-refractivity contribution in [2.45, 2.75) is 72.8 Å². The number of H-pyrrole nitrogens is 5. The van der Waals surface area contributed by atoms with Gasteiger partial charge in [-0.25, -0.2) is 33.7 Å². The first-order chi connectivity index (χ1) is 42.1. The normalized spacial score (nSPS) is 12.1. The Morgan fingerprint density at radius 1 is 0.523 bits per heavy atom. The zero-order chi connectivity index (χ0) is 63.1. The van der Waals surface area contributed by atoms with Crippen LogP contribution in [0.25, 0.3) is 66.9 Å². The average Bonchev–Trinajstić information content (AvgIpc) is 3.48. The maximum absolute atomic E-state index is 12.3. The molecule has 0 radical (unpaired) electrons. The molecule has 0 spiro atoms. The number of aromatic nitrogens is 16. The molecule has 0 aliphatic carbocycles. The maximum atomic E-state index is 12.3. The van der Waals surface area contributed by atoms with Crippen molar-refractivity contribution < 1.29 is 19.1 Å². The van der Waals surface area contributed by atoms with Gasteiger partial charge in [0.15, 0.2) is 37.2 Å². The largest absolute Gasteiger partial charge is 0.468 e. The van der Waals surface area contributed by atoms with Crippen molar-refractivity contribution in [1.29, 1.82) is 0 Å². The number of thioether (sulfide) groups is 3. The van der Waals surface area contributed by atoms with Gasteiger partial charge in [0, 0.05) is 5.02 Å². The minimum Gasteiger partial charge on any atom is -0.468 e. The first-order valence-corrected chi connectivity index (χ1v) is 29.8. The van der Waals surface area contributed by atoms with Gasteiger partial charge < -0.3 is 36.1 Å². The number of nitrogens with zero attached hydrogens (tertiary/aromatic N) is 11. The van der Waals surface area contributed by atoms with E-state index in [1.165, 1.54) is 31.9 Å². The van der Waals surface area contributed by atoms with Crippen LogP contribution in [0, 0.1) is 25.5 Å². The molecule has 12 aromatic rings. The van der Waals surface area contributed by atoms with Gasteiger partial charge in [-0.1, -0.05) is 95.4 Å². The van der Waals surface area contributed by atoms with Crippen LogP contribution in [-0.4, -0.2) is 120 Å². The number of carbonyl (C=O) groups is 3. The van der Waals surface area contributed by atoms with E-state index < -0.39 is 27.6 Å². The third-order valence-corrected chi connectivity index (χ3v) is 16.3. The number of halogens is 1. The number of aryl methyl sites for hydroxylation is 3. The van der Waals surface area contributed by atoms with E-state index in [2.05, 4.69) is 60.3 Å². The van der Waals surface area contributed by atoms with Gasteiger partial charge in [-0.2, -0.15) is 20.4 Å². The fourth-order valence-electron chi connectivity index (χ4n) is 8.32. The summed E-state index contributed by atoms with van der Waals surface area (Å²) in [6, 6.07) is 30.3. The van der Waals surface area contributed by atoms with E-state index in [1.54, 1.807) is 63.8 Å². The van der Waals surface area contributed by atoms with Gasteiger partial charge in [0.2, 0.25) is 11.8 Å². The summed E-state index contributed by atoms with van der Waals surface area (Å²) in [5, 5.41) is 18.7. The van der Waals surface area contributed by atoms with Gasteiger partial charge in [-0.3, -0.25) is 38.5 Å². The smallest absolute Gasteiger partial charge is 0.318 e. The third kappa shape index (κ3) is 14.2. The lowest BCUT2D eigenvalue weighted by atomic mass is 10.2. The number of fused-ring (bicyclic) bond motifs is 4. The summed E-state index contributed by atoms with van der Waals surface area (Å²) in [5.41, 5.74) is 17.7. The van der Waals surface area contributed by atoms with Gasteiger partial charge >= 0.3 is 5.97 Å². The molecule has 3 unspecified atom stereocenters. The molecule has 8 aromatic heterocycles. The monoisotopic (exact) mass is 1280 g/mol. The Morgan fingerprint density at radius 2 is 0.943 bits per heavy atom. The van der Waals surface area contributed by atoms with E-state index >= 15 is 0 Å². The van der Waals surface area contributed by atoms with Crippen molar-refractivity contribution in [2.75, 3.05) is 7.11 Å². The van der Waals surface area contributed by atoms with Gasteiger partial charge in [0.05, 0.1) is 65.1 Å². The molecule has 0 fully saturated rings. The minimum atomic E-state index is -0.512. The Hall–Kier alpha value is -9.75. The van der Waals surface area contributed by atoms with Crippen LogP contribution in [0.5, 0.6) is 0 Å². The number of benzene rings is 4. The first-order valence-electron chi connectivity index (χ1n) is 26.3. The highest BCUT2D eigenvalue weighted by atomic mass is 35.5. The average molecular weight is 1280 g/mol. The predicted octanol–water partition coefficient (Wildman–Crippen LogP) is 7.26. The van der Waals surface area contributed by atoms with E-state index in [-0.39, 0.29) is 28.2 Å². The number of hydrogen-bond donors (Lipinski definition) is 7. The molecule has 0 saturated carbocycles. The Morgan fingerprint density at radius 3 is 1.42 bits per heavy atom. The fourth-order valence-corrected chi connectivity index (χ4v) is 10.9. The van der Waals surface area contributed by atoms with E-state index in [4.69, 9.17) is 40.0 Å². The second kappa shape index (κ2) is 27.3. The zero-order valence-corrected chi connectivity index (χ0v) is 51.7. The van der Waals surface area contributed by atoms with Crippen molar-refractivity contribution in [3.8, 4) is 22.7 Å². The molecule has 88 heavy (non-hydrogen) atoms. The number of amides is 2. The molecule has 4 aromatic carbocycles. The van der Waals surface area contributed by atoms with Crippen molar-refractivity contribution >= 4 is 121 Å². The van der Waals surface area contributed by atoms with Gasteiger partial charge in [0.25, 0.3) is 22.2 Å². The Kier molecular flexibility index (Phi) is 19.5. The van der Waals surface area contributed by atoms with Crippen LogP contribution in [0.4, 0.5) is 0 Å². The van der Waals surface area contributed by atoms with Crippen LogP contribution >= 0.6 is 59.1 Å². The molecule has 3 atom stereocenters. The number of carbonyl (C=O) groups excluding carboxylic acids is 3. The Labute approximate surface area is 519 Å². The lowest BCUT2D eigenvalue weighted by Crippen LogP contribution is -2.23. The number of nitrogens with one attached hydrogen (secondary N) is 5. The molecule has 9 N–H and O–H groups in total. The lowest BCUT2D eigenvalue weighted by molar-refractivity contribution is -0.139. The molecule has 2 amide bonds. The zero-order valence-electron chi connectivity index (χ0n) is 47.6. The van der Waals surface area contributed by atoms with Crippen LogP contribution in [0.3, 0.4) is 0 Å². The van der Waals surface area contributed by atoms with Crippen molar-refractivity contribution in [2.24, 2.45) is 11.5 Å². The summed E-state index contributed by atoms with van der Waals surface area (Å²) in [6.07, 6.45) is 5.95. The molecule has 0 saturated heterocycles. The molecule has 0 aliphatic heterocycles. The van der Waals surface area contributed by atoms with Crippen LogP contribution in [0.15, 0.2) is 156 Å². The highest BCUT2D eigenvalue weighted by Gasteiger charge is 2.21. The highest BCUT2D eigenvalue weighted by molar-refractivity contribution is 8.00. The second-order valence-electron chi connectivity index (χ2n) is 19.2. The molecule has 450 valence electrons. The standard InChI is InChI=1S/C16H16N4O3S.C15H15N5O2S.C14H12ClN5O2S.C12H10N4OS/c1-9-6-4-5-7-12(9)20-13-11(8-17-20)14(21)19-16(18-13)24-10(2)15(22)23-3;1-8-4-3-5-10(6-8)20-13-11(7-17-20)14(22)19-15(18-13)23-9(2)12(16)21;1-7(11(16)21)23-14-18-12-10(13(22)19-14)6-17-20(12)9-4-2-8(15)3-5-9;1-7-4-2-3-5-9(7)16-10-8(6-13-16)11(17)15-12(18)14-10/h4-8,10H,1-3H3,(H,18,19,21);3-7,9H,1-2H3,(H2,16,21)(H,18,19,22);2-7H,1H3,(H2,16,21)(H,18,19,22);2-6H,1H3,(H2,14,15,17,18). The molecule has 0 bridgehead atoms. The first kappa shape index (κ1) is 62.8. The van der Waals surface area contributed by atoms with Crippen LogP contribution in [0.2, 0.25) is 5.02 Å². The molecular weight excluding hydrogens is 1230 g/mol. The summed E-state index contributed by atoms with van der Waals surface area (Å²) in [6.45, 7) is 10.9. The summed E-state index contributed by atoms with van der Waals surface area (Å²) in [4.78, 5) is 109. The number of para-hydroxylation sites is 2. The second-order valence-corrected chi connectivity index (χ2v) is 24.1. The number of rotatable bonds is 13. The van der Waals surface area contributed by atoms with E-state index in [9.17, 15) is 33.6 Å². The lowest BCUT2D eigenvalue weighted by Gasteiger charge is -2.09. The van der Waals surface area contributed by atoms with Gasteiger partial charge in [0.1, 0.15) is 32.4 Å². The summed E-state index contributed by atoms with van der Waals surface area (Å²) in [7, 11) is 1.33. The number of methoxy groups -OCH3 is 1. The van der Waals surface area contributed by atoms with Crippen LogP contribution in [0.1, 0.15) is 37.5 Å². The number of hydrogen-bond acceptors (Lipinski definition) is 19. The number of aromatic amines is 5. The van der Waals surface area contributed by atoms with Crippen molar-refractivity contribution in [3.63, 3.8) is 0 Å². The van der Waals surface area contributed by atoms with E-state index in [1.807, 2.05) is 93.6 Å². The molecule has 0 aliphatic rings. The molecular formula is C57H53ClN18O8S4. The molecule has 26 nitrogen and oxygen atoms in total. The molecule has 8 heterocycles. The van der Waals surface area contributed by atoms with Crippen molar-refractivity contribution in [1.82, 2.24) is 79.0 Å². The van der Waals surface area contributed by atoms with Gasteiger partial charge in [-0.15, -0.1) is 0 Å². The third-order valence-electron chi connectivity index (χ3n) is 12.9. The predicted molar refractivity (Wildman–Crippen MR) is 341 cm³/mol. The molecule has 31 heteroatoms. The maximum Gasteiger partial charge on any atom is 0.318 e. The quantitative estimate of drug-likeness (QED) is 0.0258. The van der Waals surface area contributed by atoms with Crippen LogP contribution in [-0.2, 0) is 19.1 Å².